The van der Waals surface area contributed by atoms with E-state index < -0.39 is 11.7 Å². The Balaban J connectivity index is 2.25. The SMILES string of the molecule is O=C(Nc1ccc(F)c(Cl)c1)c1cc(Br)cnc1Cl. The summed E-state index contributed by atoms with van der Waals surface area (Å²) >= 11 is 14.7. The van der Waals surface area contributed by atoms with Crippen LogP contribution in [0.5, 0.6) is 0 Å². The molecule has 0 fully saturated rings. The normalized spacial score (nSPS) is 10.3. The number of hydrogen-bond acceptors (Lipinski definition) is 2. The van der Waals surface area contributed by atoms with Gasteiger partial charge in [0.15, 0.2) is 0 Å². The zero-order chi connectivity index (χ0) is 14.0. The van der Waals surface area contributed by atoms with Crippen molar-refractivity contribution in [1.82, 2.24) is 4.98 Å². The number of pyridine rings is 1. The van der Waals surface area contributed by atoms with Gasteiger partial charge >= 0.3 is 0 Å². The van der Waals surface area contributed by atoms with Crippen LogP contribution in [0.15, 0.2) is 34.9 Å². The zero-order valence-electron chi connectivity index (χ0n) is 9.25. The molecule has 0 bridgehead atoms. The minimum atomic E-state index is -0.554. The summed E-state index contributed by atoms with van der Waals surface area (Å²) in [5, 5.41) is 2.56. The highest BCUT2D eigenvalue weighted by Crippen LogP contribution is 2.22. The molecule has 0 atom stereocenters. The second kappa shape index (κ2) is 5.86. The molecule has 2 aromatic rings. The number of carbonyl (C=O) groups excluding carboxylic acids is 1. The molecule has 98 valence electrons. The summed E-state index contributed by atoms with van der Waals surface area (Å²) < 4.78 is 13.6. The Kier molecular flexibility index (Phi) is 4.39. The van der Waals surface area contributed by atoms with Crippen molar-refractivity contribution in [3.8, 4) is 0 Å². The molecule has 7 heteroatoms. The van der Waals surface area contributed by atoms with Gasteiger partial charge in [0.1, 0.15) is 11.0 Å². The lowest BCUT2D eigenvalue weighted by Crippen LogP contribution is -2.13. The van der Waals surface area contributed by atoms with Gasteiger partial charge in [-0.05, 0) is 40.2 Å². The molecule has 1 aromatic heterocycles. The standard InChI is InChI=1S/C12H6BrCl2FN2O/c13-6-3-8(11(15)17-5-6)12(19)18-7-1-2-10(16)9(14)4-7/h1-5H,(H,18,19). The van der Waals surface area contributed by atoms with Gasteiger partial charge in [-0.1, -0.05) is 23.2 Å². The van der Waals surface area contributed by atoms with Crippen molar-refractivity contribution in [2.45, 2.75) is 0 Å². The van der Waals surface area contributed by atoms with E-state index in [0.717, 1.165) is 0 Å². The first kappa shape index (κ1) is 14.2. The summed E-state index contributed by atoms with van der Waals surface area (Å²) in [7, 11) is 0. The lowest BCUT2D eigenvalue weighted by molar-refractivity contribution is 0.102. The monoisotopic (exact) mass is 362 g/mol. The third kappa shape index (κ3) is 3.43. The maximum atomic E-state index is 13.0. The molecule has 1 N–H and O–H groups in total. The lowest BCUT2D eigenvalue weighted by atomic mass is 10.2. The average Bonchev–Trinajstić information content (AvgIpc) is 2.36. The topological polar surface area (TPSA) is 42.0 Å². The maximum Gasteiger partial charge on any atom is 0.258 e. The lowest BCUT2D eigenvalue weighted by Gasteiger charge is -2.07. The number of nitrogens with one attached hydrogen (secondary N) is 1. The van der Waals surface area contributed by atoms with Gasteiger partial charge in [-0.15, -0.1) is 0 Å². The second-order valence-electron chi connectivity index (χ2n) is 3.57. The minimum absolute atomic E-state index is 0.0729. The predicted octanol–water partition coefficient (Wildman–Crippen LogP) is 4.54. The molecule has 0 radical (unpaired) electrons. The predicted molar refractivity (Wildman–Crippen MR) is 76.3 cm³/mol. The van der Waals surface area contributed by atoms with Gasteiger partial charge in [0.2, 0.25) is 0 Å². The van der Waals surface area contributed by atoms with Crippen molar-refractivity contribution >= 4 is 50.7 Å². The number of amides is 1. The van der Waals surface area contributed by atoms with E-state index >= 15 is 0 Å². The number of halogens is 4. The van der Waals surface area contributed by atoms with Gasteiger partial charge in [-0.25, -0.2) is 9.37 Å². The minimum Gasteiger partial charge on any atom is -0.322 e. The van der Waals surface area contributed by atoms with Crippen molar-refractivity contribution < 1.29 is 9.18 Å². The van der Waals surface area contributed by atoms with Gasteiger partial charge in [-0.3, -0.25) is 4.79 Å². The molecule has 2 rings (SSSR count). The first-order valence-corrected chi connectivity index (χ1v) is 6.59. The molecular weight excluding hydrogens is 358 g/mol. The smallest absolute Gasteiger partial charge is 0.258 e. The molecule has 1 amide bonds. The number of anilines is 1. The Hall–Kier alpha value is -1.17. The maximum absolute atomic E-state index is 13.0. The van der Waals surface area contributed by atoms with Crippen LogP contribution in [0, 0.1) is 5.82 Å². The Morgan fingerprint density at radius 3 is 2.74 bits per heavy atom. The molecule has 1 aromatic carbocycles. The first-order chi connectivity index (χ1) is 8.97. The Morgan fingerprint density at radius 1 is 1.32 bits per heavy atom. The highest BCUT2D eigenvalue weighted by atomic mass is 79.9. The van der Waals surface area contributed by atoms with Crippen molar-refractivity contribution in [3.05, 3.63) is 56.5 Å². The fourth-order valence-electron chi connectivity index (χ4n) is 1.35. The summed E-state index contributed by atoms with van der Waals surface area (Å²) in [5.41, 5.74) is 0.573. The van der Waals surface area contributed by atoms with E-state index in [4.69, 9.17) is 23.2 Å². The van der Waals surface area contributed by atoms with Crippen LogP contribution < -0.4 is 5.32 Å². The highest BCUT2D eigenvalue weighted by Gasteiger charge is 2.13. The summed E-state index contributed by atoms with van der Waals surface area (Å²) in [4.78, 5) is 15.8. The van der Waals surface area contributed by atoms with E-state index in [9.17, 15) is 9.18 Å². The van der Waals surface area contributed by atoms with Gasteiger partial charge in [0, 0.05) is 16.4 Å². The van der Waals surface area contributed by atoms with Crippen molar-refractivity contribution in [2.75, 3.05) is 5.32 Å². The van der Waals surface area contributed by atoms with Crippen LogP contribution in [0.1, 0.15) is 10.4 Å². The van der Waals surface area contributed by atoms with E-state index in [1.165, 1.54) is 30.5 Å². The summed E-state index contributed by atoms with van der Waals surface area (Å²) in [5.74, 6) is -1.01. The Morgan fingerprint density at radius 2 is 2.05 bits per heavy atom. The van der Waals surface area contributed by atoms with Crippen LogP contribution in [0.2, 0.25) is 10.2 Å². The number of carbonyl (C=O) groups is 1. The molecule has 0 aliphatic carbocycles. The molecule has 19 heavy (non-hydrogen) atoms. The molecule has 1 heterocycles. The summed E-state index contributed by atoms with van der Waals surface area (Å²) in [6, 6.07) is 5.42. The molecule has 0 aliphatic rings. The number of nitrogens with zero attached hydrogens (tertiary/aromatic N) is 1. The van der Waals surface area contributed by atoms with Crippen molar-refractivity contribution in [1.29, 1.82) is 0 Å². The van der Waals surface area contributed by atoms with Crippen LogP contribution in [0.25, 0.3) is 0 Å². The first-order valence-electron chi connectivity index (χ1n) is 5.05. The number of aromatic nitrogens is 1. The van der Waals surface area contributed by atoms with Gasteiger partial charge in [0.25, 0.3) is 5.91 Å². The highest BCUT2D eigenvalue weighted by molar-refractivity contribution is 9.10. The van der Waals surface area contributed by atoms with E-state index in [2.05, 4.69) is 26.2 Å². The Bertz CT molecular complexity index is 652. The average molecular weight is 364 g/mol. The Labute approximate surface area is 126 Å². The largest absolute Gasteiger partial charge is 0.322 e. The van der Waals surface area contributed by atoms with Crippen LogP contribution in [-0.4, -0.2) is 10.9 Å². The van der Waals surface area contributed by atoms with Crippen LogP contribution >= 0.6 is 39.1 Å². The third-order valence-corrected chi connectivity index (χ3v) is 3.25. The second-order valence-corrected chi connectivity index (χ2v) is 5.26. The van der Waals surface area contributed by atoms with Crippen LogP contribution in [-0.2, 0) is 0 Å². The zero-order valence-corrected chi connectivity index (χ0v) is 12.4. The third-order valence-electron chi connectivity index (χ3n) is 2.23. The van der Waals surface area contributed by atoms with E-state index in [-0.39, 0.29) is 15.7 Å². The van der Waals surface area contributed by atoms with Crippen LogP contribution in [0.3, 0.4) is 0 Å². The molecule has 0 aliphatic heterocycles. The summed E-state index contributed by atoms with van der Waals surface area (Å²) in [6.45, 7) is 0. The van der Waals surface area contributed by atoms with E-state index in [0.29, 0.717) is 10.2 Å². The van der Waals surface area contributed by atoms with E-state index in [1.54, 1.807) is 0 Å². The molecule has 0 saturated carbocycles. The van der Waals surface area contributed by atoms with Gasteiger partial charge < -0.3 is 5.32 Å². The van der Waals surface area contributed by atoms with Gasteiger partial charge in [-0.2, -0.15) is 0 Å². The fourth-order valence-corrected chi connectivity index (χ4v) is 2.06. The molecule has 0 unspecified atom stereocenters. The van der Waals surface area contributed by atoms with Gasteiger partial charge in [0.05, 0.1) is 10.6 Å². The summed E-state index contributed by atoms with van der Waals surface area (Å²) in [6.07, 6.45) is 1.48. The molecule has 3 nitrogen and oxygen atoms in total. The molecule has 0 spiro atoms. The number of benzene rings is 1. The fraction of sp³-hybridized carbons (Fsp3) is 0. The quantitative estimate of drug-likeness (QED) is 0.795. The molecular formula is C12H6BrCl2FN2O. The number of hydrogen-bond donors (Lipinski definition) is 1. The molecule has 0 saturated heterocycles. The van der Waals surface area contributed by atoms with Crippen LogP contribution in [0.4, 0.5) is 10.1 Å². The number of rotatable bonds is 2. The van der Waals surface area contributed by atoms with E-state index in [1.807, 2.05) is 0 Å². The van der Waals surface area contributed by atoms with Crippen molar-refractivity contribution in [2.24, 2.45) is 0 Å². The van der Waals surface area contributed by atoms with Crippen molar-refractivity contribution in [3.63, 3.8) is 0 Å².